The van der Waals surface area contributed by atoms with Crippen LogP contribution in [-0.4, -0.2) is 68.0 Å². The molecule has 0 N–H and O–H groups in total. The van der Waals surface area contributed by atoms with E-state index >= 15 is 0 Å². The lowest BCUT2D eigenvalue weighted by atomic mass is 9.78. The second-order valence-electron chi connectivity index (χ2n) is 9.07. The monoisotopic (exact) mass is 474 g/mol. The van der Waals surface area contributed by atoms with Crippen LogP contribution in [0.5, 0.6) is 0 Å². The molecule has 3 fully saturated rings. The van der Waals surface area contributed by atoms with E-state index in [0.717, 1.165) is 32.4 Å². The highest BCUT2D eigenvalue weighted by atomic mass is 32.2. The lowest BCUT2D eigenvalue weighted by Gasteiger charge is -2.39. The van der Waals surface area contributed by atoms with Gasteiger partial charge in [-0.25, -0.2) is 22.6 Å². The molecule has 0 unspecified atom stereocenters. The summed E-state index contributed by atoms with van der Waals surface area (Å²) in [5.41, 5.74) is 0.660. The normalized spacial score (nSPS) is 21.6. The summed E-state index contributed by atoms with van der Waals surface area (Å²) in [7, 11) is -3.66. The van der Waals surface area contributed by atoms with Crippen LogP contribution in [0.1, 0.15) is 24.8 Å². The molecule has 33 heavy (non-hydrogen) atoms. The standard InChI is InChI=1S/C23H27FN4O4S/c24-20-4-2-1-3-18(20)16-26-10-7-23(8-11-26)9-12-27(17-23)33(30,31)19-5-6-21(25-15-19)28-13-14-32-22(28)29/h1-6,15H,7-14,16-17H2. The SMILES string of the molecule is O=C1OCCN1c1ccc(S(=O)(=O)N2CCC3(CCN(Cc4ccccc4F)CC3)C2)cn1. The molecule has 5 rings (SSSR count). The fraction of sp³-hybridized carbons (Fsp3) is 0.478. The van der Waals surface area contributed by atoms with E-state index in [0.29, 0.717) is 44.2 Å². The smallest absolute Gasteiger partial charge is 0.415 e. The Morgan fingerprint density at radius 3 is 2.45 bits per heavy atom. The van der Waals surface area contributed by atoms with Gasteiger partial charge in [0.2, 0.25) is 10.0 Å². The second-order valence-corrected chi connectivity index (χ2v) is 11.0. The van der Waals surface area contributed by atoms with Gasteiger partial charge in [0.1, 0.15) is 23.1 Å². The van der Waals surface area contributed by atoms with Crippen molar-refractivity contribution < 1.29 is 22.3 Å². The summed E-state index contributed by atoms with van der Waals surface area (Å²) in [4.78, 5) is 19.6. The Balaban J connectivity index is 1.21. The van der Waals surface area contributed by atoms with E-state index in [1.807, 2.05) is 12.1 Å². The molecular weight excluding hydrogens is 447 g/mol. The van der Waals surface area contributed by atoms with Crippen molar-refractivity contribution in [2.45, 2.75) is 30.7 Å². The number of pyridine rings is 1. The second kappa shape index (κ2) is 8.66. The highest BCUT2D eigenvalue weighted by Gasteiger charge is 2.44. The van der Waals surface area contributed by atoms with E-state index in [4.69, 9.17) is 4.74 Å². The quantitative estimate of drug-likeness (QED) is 0.663. The number of hydrogen-bond acceptors (Lipinski definition) is 6. The molecule has 1 aromatic heterocycles. The van der Waals surface area contributed by atoms with Crippen LogP contribution in [0.4, 0.5) is 15.0 Å². The van der Waals surface area contributed by atoms with Crippen LogP contribution in [0.25, 0.3) is 0 Å². The molecule has 0 aliphatic carbocycles. The number of benzene rings is 1. The Kier molecular flexibility index (Phi) is 5.84. The topological polar surface area (TPSA) is 83.0 Å². The molecule has 8 nitrogen and oxygen atoms in total. The van der Waals surface area contributed by atoms with Crippen molar-refractivity contribution in [1.29, 1.82) is 0 Å². The molecule has 3 saturated heterocycles. The number of cyclic esters (lactones) is 1. The zero-order valence-corrected chi connectivity index (χ0v) is 19.1. The van der Waals surface area contributed by atoms with E-state index in [2.05, 4.69) is 9.88 Å². The maximum absolute atomic E-state index is 14.0. The molecule has 3 aliphatic rings. The Bertz CT molecular complexity index is 1130. The van der Waals surface area contributed by atoms with Gasteiger partial charge in [-0.15, -0.1) is 0 Å². The Morgan fingerprint density at radius 1 is 1.03 bits per heavy atom. The summed E-state index contributed by atoms with van der Waals surface area (Å²) in [5, 5.41) is 0. The molecular formula is C23H27FN4O4S. The number of piperidine rings is 1. The average molecular weight is 475 g/mol. The summed E-state index contributed by atoms with van der Waals surface area (Å²) in [6.45, 7) is 3.90. The number of amides is 1. The Hall–Kier alpha value is -2.56. The van der Waals surface area contributed by atoms with Crippen LogP contribution < -0.4 is 4.90 Å². The van der Waals surface area contributed by atoms with Crippen LogP contribution in [-0.2, 0) is 21.3 Å². The number of rotatable bonds is 5. The lowest BCUT2D eigenvalue weighted by molar-refractivity contribution is 0.108. The van der Waals surface area contributed by atoms with Gasteiger partial charge < -0.3 is 4.74 Å². The molecule has 0 atom stereocenters. The highest BCUT2D eigenvalue weighted by molar-refractivity contribution is 7.89. The number of aromatic nitrogens is 1. The van der Waals surface area contributed by atoms with Gasteiger partial charge in [-0.2, -0.15) is 4.31 Å². The minimum atomic E-state index is -3.66. The van der Waals surface area contributed by atoms with Gasteiger partial charge in [0.15, 0.2) is 0 Å². The summed E-state index contributed by atoms with van der Waals surface area (Å²) in [6, 6.07) is 9.90. The van der Waals surface area contributed by atoms with Crippen molar-refractivity contribution in [3.63, 3.8) is 0 Å². The molecule has 2 aromatic rings. The molecule has 1 aromatic carbocycles. The number of hydrogen-bond donors (Lipinski definition) is 0. The minimum absolute atomic E-state index is 0.0362. The number of carbonyl (C=O) groups excluding carboxylic acids is 1. The van der Waals surface area contributed by atoms with Crippen molar-refractivity contribution in [2.24, 2.45) is 5.41 Å². The molecule has 0 bridgehead atoms. The Labute approximate surface area is 193 Å². The van der Waals surface area contributed by atoms with Crippen molar-refractivity contribution >= 4 is 21.9 Å². The van der Waals surface area contributed by atoms with Gasteiger partial charge in [0, 0.05) is 31.4 Å². The van der Waals surface area contributed by atoms with Gasteiger partial charge in [-0.05, 0) is 56.0 Å². The number of nitrogens with zero attached hydrogens (tertiary/aromatic N) is 4. The van der Waals surface area contributed by atoms with Crippen LogP contribution >= 0.6 is 0 Å². The van der Waals surface area contributed by atoms with Crippen molar-refractivity contribution in [3.8, 4) is 0 Å². The van der Waals surface area contributed by atoms with Gasteiger partial charge in [0.25, 0.3) is 0 Å². The van der Waals surface area contributed by atoms with E-state index in [9.17, 15) is 17.6 Å². The van der Waals surface area contributed by atoms with E-state index < -0.39 is 16.1 Å². The average Bonchev–Trinajstić information content (AvgIpc) is 3.44. The van der Waals surface area contributed by atoms with Crippen molar-refractivity contribution in [3.05, 3.63) is 54.0 Å². The van der Waals surface area contributed by atoms with Crippen LogP contribution in [0.2, 0.25) is 0 Å². The molecule has 1 spiro atoms. The number of likely N-dealkylation sites (tertiary alicyclic amines) is 1. The molecule has 10 heteroatoms. The number of sulfonamides is 1. The van der Waals surface area contributed by atoms with Crippen LogP contribution in [0.3, 0.4) is 0 Å². The van der Waals surface area contributed by atoms with E-state index in [1.54, 1.807) is 16.4 Å². The Morgan fingerprint density at radius 2 is 1.79 bits per heavy atom. The van der Waals surface area contributed by atoms with Crippen molar-refractivity contribution in [1.82, 2.24) is 14.2 Å². The molecule has 1 amide bonds. The van der Waals surface area contributed by atoms with E-state index in [1.165, 1.54) is 23.2 Å². The van der Waals surface area contributed by atoms with Crippen molar-refractivity contribution in [2.75, 3.05) is 44.2 Å². The van der Waals surface area contributed by atoms with Crippen LogP contribution in [0.15, 0.2) is 47.5 Å². The summed E-state index contributed by atoms with van der Waals surface area (Å²) >= 11 is 0. The predicted octanol–water partition coefficient (Wildman–Crippen LogP) is 2.85. The third-order valence-electron chi connectivity index (χ3n) is 7.07. The number of carbonyl (C=O) groups is 1. The summed E-state index contributed by atoms with van der Waals surface area (Å²) < 4.78 is 46.9. The predicted molar refractivity (Wildman–Crippen MR) is 120 cm³/mol. The molecule has 3 aliphatic heterocycles. The maximum Gasteiger partial charge on any atom is 0.415 e. The molecule has 176 valence electrons. The molecule has 4 heterocycles. The first-order chi connectivity index (χ1) is 15.9. The van der Waals surface area contributed by atoms with E-state index in [-0.39, 0.29) is 16.1 Å². The third kappa shape index (κ3) is 4.34. The van der Waals surface area contributed by atoms with Gasteiger partial charge >= 0.3 is 6.09 Å². The summed E-state index contributed by atoms with van der Waals surface area (Å²) in [6.07, 6.45) is 3.45. The fourth-order valence-corrected chi connectivity index (χ4v) is 6.50. The van der Waals surface area contributed by atoms with Gasteiger partial charge in [-0.1, -0.05) is 18.2 Å². The first kappa shape index (κ1) is 22.2. The first-order valence-corrected chi connectivity index (χ1v) is 12.7. The molecule has 0 radical (unpaired) electrons. The molecule has 0 saturated carbocycles. The number of anilines is 1. The lowest BCUT2D eigenvalue weighted by Crippen LogP contribution is -2.42. The summed E-state index contributed by atoms with van der Waals surface area (Å²) in [5.74, 6) is 0.203. The van der Waals surface area contributed by atoms with Gasteiger partial charge in [-0.3, -0.25) is 9.80 Å². The maximum atomic E-state index is 14.0. The zero-order valence-electron chi connectivity index (χ0n) is 18.3. The zero-order chi connectivity index (χ0) is 23.1. The fourth-order valence-electron chi connectivity index (χ4n) is 5.00. The minimum Gasteiger partial charge on any atom is -0.447 e. The largest absolute Gasteiger partial charge is 0.447 e. The van der Waals surface area contributed by atoms with Gasteiger partial charge in [0.05, 0.1) is 6.54 Å². The highest BCUT2D eigenvalue weighted by Crippen LogP contribution is 2.42. The first-order valence-electron chi connectivity index (χ1n) is 11.2. The number of halogens is 1. The third-order valence-corrected chi connectivity index (χ3v) is 8.90. The number of ether oxygens (including phenoxy) is 1. The van der Waals surface area contributed by atoms with Crippen LogP contribution in [0, 0.1) is 11.2 Å².